The number of fused-ring (bicyclic) bond motifs is 2. The van der Waals surface area contributed by atoms with Gasteiger partial charge < -0.3 is 21.0 Å². The lowest BCUT2D eigenvalue weighted by Gasteiger charge is -2.49. The molecule has 12 nitrogen and oxygen atoms in total. The van der Waals surface area contributed by atoms with Crippen molar-refractivity contribution in [2.24, 2.45) is 12.2 Å². The van der Waals surface area contributed by atoms with E-state index < -0.39 is 29.2 Å². The minimum atomic E-state index is -1.19. The second-order valence-corrected chi connectivity index (χ2v) is 10.1. The van der Waals surface area contributed by atoms with E-state index >= 15 is 0 Å². The number of aromatic nitrogens is 3. The van der Waals surface area contributed by atoms with Gasteiger partial charge in [-0.2, -0.15) is 4.68 Å². The Hall–Kier alpha value is -3.91. The number of carbonyl (C=O) groups excluding carboxylic acids is 2. The summed E-state index contributed by atoms with van der Waals surface area (Å²) in [5.74, 6) is -1.98. The van der Waals surface area contributed by atoms with E-state index in [1.807, 2.05) is 46.9 Å². The standard InChI is InChI=1S/C22H21N7O5S2/c1-27-14-6-4-3-5-11(14)7-28(27)8-12-9-35-20-16(19(31)29(20)17(12)21(32)33)25-18(30)15(26-34-2)13-10-36-22(23)24-13/h3-7,10,16,20H,8-9H2,1-2H3,(H3-,23,24,25,30,32,33)/p+1/b26-15-/t16-,20-/m1/s1. The van der Waals surface area contributed by atoms with Crippen molar-refractivity contribution < 1.29 is 29.0 Å². The van der Waals surface area contributed by atoms with Crippen molar-refractivity contribution >= 4 is 62.6 Å². The molecule has 0 radical (unpaired) electrons. The van der Waals surface area contributed by atoms with E-state index in [1.54, 1.807) is 5.38 Å². The number of amides is 2. The number of nitrogens with zero attached hydrogens (tertiary/aromatic N) is 5. The van der Waals surface area contributed by atoms with Crippen LogP contribution in [0.5, 0.6) is 0 Å². The number of aryl methyl sites for hydroxylation is 1. The monoisotopic (exact) mass is 528 g/mol. The molecule has 14 heteroatoms. The largest absolute Gasteiger partial charge is 0.477 e. The summed E-state index contributed by atoms with van der Waals surface area (Å²) in [6, 6.07) is 6.93. The molecule has 2 aliphatic heterocycles. The van der Waals surface area contributed by atoms with E-state index in [9.17, 15) is 19.5 Å². The van der Waals surface area contributed by atoms with Crippen molar-refractivity contribution in [1.82, 2.24) is 19.9 Å². The number of thiazole rings is 1. The van der Waals surface area contributed by atoms with Crippen molar-refractivity contribution in [2.45, 2.75) is 18.0 Å². The fourth-order valence-electron chi connectivity index (χ4n) is 4.33. The zero-order valence-corrected chi connectivity index (χ0v) is 20.9. The third kappa shape index (κ3) is 3.97. The summed E-state index contributed by atoms with van der Waals surface area (Å²) in [6.45, 7) is 0.309. The van der Waals surface area contributed by atoms with Crippen LogP contribution in [0.3, 0.4) is 0 Å². The number of nitrogen functional groups attached to an aromatic ring is 1. The lowest BCUT2D eigenvalue weighted by molar-refractivity contribution is -0.764. The molecule has 0 spiro atoms. The molecule has 0 unspecified atom stereocenters. The van der Waals surface area contributed by atoms with Crippen molar-refractivity contribution in [3.8, 4) is 0 Å². The van der Waals surface area contributed by atoms with Gasteiger partial charge in [-0.25, -0.2) is 9.78 Å². The maximum atomic E-state index is 13.1. The summed E-state index contributed by atoms with van der Waals surface area (Å²) in [5, 5.41) is 18.6. The van der Waals surface area contributed by atoms with Gasteiger partial charge in [-0.05, 0) is 12.1 Å². The van der Waals surface area contributed by atoms with Gasteiger partial charge in [-0.3, -0.25) is 14.5 Å². The van der Waals surface area contributed by atoms with Gasteiger partial charge in [0.15, 0.2) is 17.4 Å². The van der Waals surface area contributed by atoms with Crippen molar-refractivity contribution in [1.29, 1.82) is 0 Å². The number of carboxylic acids is 1. The lowest BCUT2D eigenvalue weighted by atomic mass is 10.0. The zero-order chi connectivity index (χ0) is 25.6. The van der Waals surface area contributed by atoms with E-state index in [2.05, 4.69) is 15.5 Å². The van der Waals surface area contributed by atoms with Gasteiger partial charge in [0.05, 0.1) is 12.4 Å². The van der Waals surface area contributed by atoms with Gasteiger partial charge in [0, 0.05) is 16.7 Å². The predicted molar refractivity (Wildman–Crippen MR) is 133 cm³/mol. The summed E-state index contributed by atoms with van der Waals surface area (Å²) >= 11 is 2.53. The third-order valence-corrected chi connectivity index (χ3v) is 8.02. The average Bonchev–Trinajstić information content (AvgIpc) is 3.43. The van der Waals surface area contributed by atoms with Crippen LogP contribution in [0.4, 0.5) is 5.13 Å². The number of rotatable bonds is 7. The molecule has 2 aliphatic rings. The van der Waals surface area contributed by atoms with E-state index in [-0.39, 0.29) is 22.2 Å². The number of anilines is 1. The summed E-state index contributed by atoms with van der Waals surface area (Å²) in [5.41, 5.74) is 7.32. The number of oxime groups is 1. The minimum absolute atomic E-state index is 0.0509. The number of aliphatic carboxylic acids is 1. The number of carboxylic acid groups (broad SMARTS) is 1. The van der Waals surface area contributed by atoms with E-state index in [0.717, 1.165) is 22.2 Å². The first-order valence-electron chi connectivity index (χ1n) is 10.8. The SMILES string of the molecule is CO/N=C(\C(=O)N[C@@H]1C(=O)N2C(C(=O)O)=C(C[n+]3cc4ccccc4n3C)CS[C@H]12)c1csc(N)n1. The highest BCUT2D eigenvalue weighted by atomic mass is 32.2. The van der Waals surface area contributed by atoms with Crippen LogP contribution in [0, 0.1) is 0 Å². The van der Waals surface area contributed by atoms with Crippen LogP contribution >= 0.6 is 23.1 Å². The summed E-state index contributed by atoms with van der Waals surface area (Å²) in [7, 11) is 3.19. The van der Waals surface area contributed by atoms with Gasteiger partial charge in [0.1, 0.15) is 35.4 Å². The smallest absolute Gasteiger partial charge is 0.352 e. The van der Waals surface area contributed by atoms with Gasteiger partial charge in [-0.1, -0.05) is 17.3 Å². The van der Waals surface area contributed by atoms with Gasteiger partial charge in [-0.15, -0.1) is 27.8 Å². The molecule has 36 heavy (non-hydrogen) atoms. The molecule has 2 amide bonds. The number of nitrogens with two attached hydrogens (primary N) is 1. The summed E-state index contributed by atoms with van der Waals surface area (Å²) in [4.78, 5) is 48.2. The number of carbonyl (C=O) groups is 3. The number of β-lactam (4-membered cyclic amide) rings is 1. The number of hydrogen-bond acceptors (Lipinski definition) is 9. The molecule has 1 aromatic carbocycles. The Morgan fingerprint density at radius 1 is 1.39 bits per heavy atom. The molecule has 3 aromatic rings. The summed E-state index contributed by atoms with van der Waals surface area (Å²) in [6.07, 6.45) is 1.95. The first-order valence-corrected chi connectivity index (χ1v) is 12.7. The van der Waals surface area contributed by atoms with Crippen molar-refractivity contribution in [3.05, 3.63) is 52.8 Å². The Kier molecular flexibility index (Phi) is 6.14. The first kappa shape index (κ1) is 23.8. The quantitative estimate of drug-likeness (QED) is 0.171. The molecule has 5 rings (SSSR count). The molecule has 1 fully saturated rings. The number of para-hydroxylation sites is 1. The fourth-order valence-corrected chi connectivity index (χ4v) is 6.21. The third-order valence-electron chi connectivity index (χ3n) is 6.01. The second kappa shape index (κ2) is 9.28. The van der Waals surface area contributed by atoms with Crippen LogP contribution in [-0.2, 0) is 32.8 Å². The predicted octanol–water partition coefficient (Wildman–Crippen LogP) is 0.294. The number of benzene rings is 1. The maximum Gasteiger partial charge on any atom is 0.352 e. The van der Waals surface area contributed by atoms with Crippen LogP contribution in [0.2, 0.25) is 0 Å². The Morgan fingerprint density at radius 3 is 2.83 bits per heavy atom. The lowest BCUT2D eigenvalue weighted by Crippen LogP contribution is -2.71. The van der Waals surface area contributed by atoms with Gasteiger partial charge >= 0.3 is 5.97 Å². The van der Waals surface area contributed by atoms with Crippen LogP contribution in [0.1, 0.15) is 5.69 Å². The molecule has 0 saturated carbocycles. The Bertz CT molecular complexity index is 1460. The molecular formula is C22H22N7O5S2+. The topological polar surface area (TPSA) is 156 Å². The molecule has 0 bridgehead atoms. The molecule has 4 heterocycles. The molecular weight excluding hydrogens is 506 g/mol. The zero-order valence-electron chi connectivity index (χ0n) is 19.2. The van der Waals surface area contributed by atoms with Crippen molar-refractivity contribution in [3.63, 3.8) is 0 Å². The first-order chi connectivity index (χ1) is 17.3. The minimum Gasteiger partial charge on any atom is -0.477 e. The van der Waals surface area contributed by atoms with Crippen LogP contribution in [0.25, 0.3) is 10.9 Å². The van der Waals surface area contributed by atoms with E-state index in [1.165, 1.54) is 23.8 Å². The Balaban J connectivity index is 1.38. The second-order valence-electron chi connectivity index (χ2n) is 8.12. The molecule has 0 aliphatic carbocycles. The highest BCUT2D eigenvalue weighted by Crippen LogP contribution is 2.40. The van der Waals surface area contributed by atoms with Crippen molar-refractivity contribution in [2.75, 3.05) is 18.6 Å². The molecule has 2 atom stereocenters. The Morgan fingerprint density at radius 2 is 2.17 bits per heavy atom. The number of hydrogen-bond donors (Lipinski definition) is 3. The number of nitrogens with one attached hydrogen (secondary N) is 1. The van der Waals surface area contributed by atoms with Crippen LogP contribution in [-0.4, -0.2) is 67.4 Å². The fraction of sp³-hybridized carbons (Fsp3) is 0.273. The van der Waals surface area contributed by atoms with E-state index in [4.69, 9.17) is 10.6 Å². The molecule has 1 saturated heterocycles. The van der Waals surface area contributed by atoms with Crippen LogP contribution < -0.4 is 15.7 Å². The highest BCUT2D eigenvalue weighted by Gasteiger charge is 2.55. The van der Waals surface area contributed by atoms with E-state index in [0.29, 0.717) is 17.9 Å². The average molecular weight is 529 g/mol. The normalized spacial score (nSPS) is 19.8. The Labute approximate surface area is 213 Å². The summed E-state index contributed by atoms with van der Waals surface area (Å²) < 4.78 is 3.86. The maximum absolute atomic E-state index is 13.1. The van der Waals surface area contributed by atoms with Crippen LogP contribution in [0.15, 0.2) is 52.3 Å². The van der Waals surface area contributed by atoms with Gasteiger partial charge in [0.25, 0.3) is 11.8 Å². The molecule has 2 aromatic heterocycles. The van der Waals surface area contributed by atoms with Gasteiger partial charge in [0.2, 0.25) is 6.20 Å². The molecule has 4 N–H and O–H groups in total. The molecule has 186 valence electrons. The number of thioether (sulfide) groups is 1. The highest BCUT2D eigenvalue weighted by molar-refractivity contribution is 8.00.